The van der Waals surface area contributed by atoms with E-state index in [0.717, 1.165) is 34.5 Å². The first-order valence-electron chi connectivity index (χ1n) is 8.01. The molecule has 0 atom stereocenters. The molecule has 1 N–H and O–H groups in total. The molecular weight excluding hydrogens is 417 g/mol. The molecule has 0 bridgehead atoms. The normalized spacial score (nSPS) is 11.6. The highest BCUT2D eigenvalue weighted by Gasteiger charge is 2.32. The molecule has 3 aromatic rings. The van der Waals surface area contributed by atoms with Gasteiger partial charge in [0.2, 0.25) is 0 Å². The molecule has 0 aliphatic carbocycles. The topological polar surface area (TPSA) is 64.1 Å². The van der Waals surface area contributed by atoms with Gasteiger partial charge in [-0.25, -0.2) is 4.98 Å². The van der Waals surface area contributed by atoms with Crippen LogP contribution in [0.3, 0.4) is 0 Å². The van der Waals surface area contributed by atoms with Crippen LogP contribution in [0.5, 0.6) is 5.75 Å². The summed E-state index contributed by atoms with van der Waals surface area (Å²) in [7, 11) is 0. The maximum atomic E-state index is 12.5. The lowest BCUT2D eigenvalue weighted by Crippen LogP contribution is -2.14. The zero-order valence-electron chi connectivity index (χ0n) is 14.6. The first kappa shape index (κ1) is 20.6. The van der Waals surface area contributed by atoms with Crippen LogP contribution in [0, 0.1) is 6.92 Å². The molecule has 0 aliphatic heterocycles. The van der Waals surface area contributed by atoms with Gasteiger partial charge in [0, 0.05) is 16.6 Å². The van der Waals surface area contributed by atoms with Crippen LogP contribution in [0.4, 0.5) is 27.1 Å². The number of carbonyl (C=O) groups excluding carboxylic acids is 1. The largest absolute Gasteiger partial charge is 0.435 e. The number of halogens is 5. The lowest BCUT2D eigenvalue weighted by molar-refractivity contribution is -0.141. The number of aryl methyl sites for hydroxylation is 1. The van der Waals surface area contributed by atoms with Crippen LogP contribution < -0.4 is 10.1 Å². The highest BCUT2D eigenvalue weighted by atomic mass is 32.1. The minimum atomic E-state index is -4.59. The number of benzene rings is 1. The van der Waals surface area contributed by atoms with E-state index < -0.39 is 24.4 Å². The van der Waals surface area contributed by atoms with Crippen LogP contribution >= 0.6 is 11.3 Å². The Bertz CT molecular complexity index is 1000. The van der Waals surface area contributed by atoms with Gasteiger partial charge in [-0.3, -0.25) is 15.1 Å². The number of aromatic nitrogens is 2. The molecule has 0 saturated heterocycles. The zero-order chi connectivity index (χ0) is 21.2. The monoisotopic (exact) mass is 429 g/mol. The molecule has 152 valence electrons. The van der Waals surface area contributed by atoms with E-state index in [1.54, 1.807) is 19.1 Å². The van der Waals surface area contributed by atoms with Gasteiger partial charge in [0.25, 0.3) is 5.91 Å². The minimum Gasteiger partial charge on any atom is -0.435 e. The second-order valence-electron chi connectivity index (χ2n) is 5.71. The van der Waals surface area contributed by atoms with Crippen molar-refractivity contribution in [2.45, 2.75) is 19.7 Å². The molecule has 1 amide bonds. The summed E-state index contributed by atoms with van der Waals surface area (Å²) in [6, 6.07) is 7.57. The number of nitrogens with zero attached hydrogens (tertiary/aromatic N) is 2. The lowest BCUT2D eigenvalue weighted by Gasteiger charge is -2.06. The van der Waals surface area contributed by atoms with Crippen molar-refractivity contribution in [3.05, 3.63) is 58.7 Å². The Morgan fingerprint density at radius 1 is 1.14 bits per heavy atom. The van der Waals surface area contributed by atoms with Crippen molar-refractivity contribution in [2.24, 2.45) is 0 Å². The van der Waals surface area contributed by atoms with Gasteiger partial charge in [0.15, 0.2) is 5.13 Å². The molecule has 5 nitrogen and oxygen atoms in total. The average molecular weight is 429 g/mol. The van der Waals surface area contributed by atoms with E-state index in [-0.39, 0.29) is 16.4 Å². The van der Waals surface area contributed by atoms with Gasteiger partial charge in [-0.05, 0) is 43.3 Å². The number of amides is 1. The Labute approximate surface area is 165 Å². The van der Waals surface area contributed by atoms with Crippen molar-refractivity contribution in [1.82, 2.24) is 9.97 Å². The van der Waals surface area contributed by atoms with Crippen molar-refractivity contribution >= 4 is 22.4 Å². The number of thiazole rings is 1. The molecule has 29 heavy (non-hydrogen) atoms. The molecule has 2 aromatic heterocycles. The SMILES string of the molecule is Cc1sc(NC(=O)c2ccc(C(F)(F)F)nc2)nc1-c1ccc(OC(F)F)cc1. The van der Waals surface area contributed by atoms with Gasteiger partial charge in [-0.15, -0.1) is 11.3 Å². The maximum absolute atomic E-state index is 12.5. The summed E-state index contributed by atoms with van der Waals surface area (Å²) in [5.74, 6) is -0.660. The number of ether oxygens (including phenoxy) is 1. The number of nitrogens with one attached hydrogen (secondary N) is 1. The molecule has 2 heterocycles. The number of hydrogen-bond acceptors (Lipinski definition) is 5. The Kier molecular flexibility index (Phi) is 5.78. The molecule has 0 aliphatic rings. The van der Waals surface area contributed by atoms with E-state index in [1.165, 1.54) is 12.1 Å². The summed E-state index contributed by atoms with van der Waals surface area (Å²) in [5, 5.41) is 2.74. The quantitative estimate of drug-likeness (QED) is 0.553. The van der Waals surface area contributed by atoms with Crippen molar-refractivity contribution in [3.8, 4) is 17.0 Å². The summed E-state index contributed by atoms with van der Waals surface area (Å²) in [6.07, 6.45) is -3.76. The molecule has 1 aromatic carbocycles. The first-order valence-corrected chi connectivity index (χ1v) is 8.82. The molecule has 0 spiro atoms. The standard InChI is InChI=1S/C18H12F5N3O2S/c1-9-14(10-2-5-12(6-3-10)28-16(19)20)25-17(29-9)26-15(27)11-4-7-13(24-8-11)18(21,22)23/h2-8,16H,1H3,(H,25,26,27). The van der Waals surface area contributed by atoms with Crippen LogP contribution in [0.1, 0.15) is 20.9 Å². The van der Waals surface area contributed by atoms with Gasteiger partial charge in [-0.2, -0.15) is 22.0 Å². The summed E-state index contributed by atoms with van der Waals surface area (Å²) >= 11 is 1.16. The second-order valence-corrected chi connectivity index (χ2v) is 6.91. The predicted molar refractivity (Wildman–Crippen MR) is 96.1 cm³/mol. The fourth-order valence-electron chi connectivity index (χ4n) is 2.38. The number of hydrogen-bond donors (Lipinski definition) is 1. The Hall–Kier alpha value is -3.08. The molecule has 0 radical (unpaired) electrons. The highest BCUT2D eigenvalue weighted by molar-refractivity contribution is 7.16. The third kappa shape index (κ3) is 5.05. The number of pyridine rings is 1. The van der Waals surface area contributed by atoms with Crippen LogP contribution in [-0.2, 0) is 6.18 Å². The second kappa shape index (κ2) is 8.11. The minimum absolute atomic E-state index is 0.0000346. The van der Waals surface area contributed by atoms with Crippen LogP contribution in [0.15, 0.2) is 42.6 Å². The van der Waals surface area contributed by atoms with E-state index in [1.807, 2.05) is 0 Å². The van der Waals surface area contributed by atoms with Gasteiger partial charge in [-0.1, -0.05) is 0 Å². The van der Waals surface area contributed by atoms with Crippen LogP contribution in [0.2, 0.25) is 0 Å². The van der Waals surface area contributed by atoms with Gasteiger partial charge in [0.1, 0.15) is 11.4 Å². The Morgan fingerprint density at radius 2 is 1.83 bits per heavy atom. The number of rotatable bonds is 5. The Morgan fingerprint density at radius 3 is 2.38 bits per heavy atom. The van der Waals surface area contributed by atoms with Crippen molar-refractivity contribution in [1.29, 1.82) is 0 Å². The molecule has 0 saturated carbocycles. The smallest absolute Gasteiger partial charge is 0.433 e. The van der Waals surface area contributed by atoms with Crippen molar-refractivity contribution in [2.75, 3.05) is 5.32 Å². The predicted octanol–water partition coefficient (Wildman–Crippen LogP) is 5.39. The summed E-state index contributed by atoms with van der Waals surface area (Å²) in [5.41, 5.74) is -0.00175. The maximum Gasteiger partial charge on any atom is 0.433 e. The number of carbonyl (C=O) groups is 1. The molecule has 0 fully saturated rings. The van der Waals surface area contributed by atoms with E-state index >= 15 is 0 Å². The van der Waals surface area contributed by atoms with Gasteiger partial charge >= 0.3 is 12.8 Å². The fourth-order valence-corrected chi connectivity index (χ4v) is 3.21. The zero-order valence-corrected chi connectivity index (χ0v) is 15.4. The van der Waals surface area contributed by atoms with Crippen molar-refractivity contribution < 1.29 is 31.5 Å². The highest BCUT2D eigenvalue weighted by Crippen LogP contribution is 2.32. The molecule has 0 unspecified atom stereocenters. The summed E-state index contributed by atoms with van der Waals surface area (Å²) in [6.45, 7) is -1.17. The van der Waals surface area contributed by atoms with Crippen LogP contribution in [0.25, 0.3) is 11.3 Å². The third-order valence-electron chi connectivity index (χ3n) is 3.69. The molecule has 3 rings (SSSR count). The third-order valence-corrected chi connectivity index (χ3v) is 4.57. The van der Waals surface area contributed by atoms with E-state index in [0.29, 0.717) is 11.3 Å². The molecular formula is C18H12F5N3O2S. The first-order chi connectivity index (χ1) is 13.6. The van der Waals surface area contributed by atoms with E-state index in [9.17, 15) is 26.7 Å². The average Bonchev–Trinajstić information content (AvgIpc) is 3.01. The number of anilines is 1. The Balaban J connectivity index is 1.74. The summed E-state index contributed by atoms with van der Waals surface area (Å²) < 4.78 is 66.4. The summed E-state index contributed by atoms with van der Waals surface area (Å²) in [4.78, 5) is 20.5. The van der Waals surface area contributed by atoms with E-state index in [2.05, 4.69) is 20.0 Å². The molecule has 11 heteroatoms. The van der Waals surface area contributed by atoms with Crippen molar-refractivity contribution in [3.63, 3.8) is 0 Å². The van der Waals surface area contributed by atoms with Gasteiger partial charge in [0.05, 0.1) is 11.3 Å². The van der Waals surface area contributed by atoms with Gasteiger partial charge < -0.3 is 4.74 Å². The lowest BCUT2D eigenvalue weighted by atomic mass is 10.1. The van der Waals surface area contributed by atoms with E-state index in [4.69, 9.17) is 0 Å². The number of alkyl halides is 5. The fraction of sp³-hybridized carbons (Fsp3) is 0.167. The van der Waals surface area contributed by atoms with Crippen LogP contribution in [-0.4, -0.2) is 22.5 Å².